The zero-order chi connectivity index (χ0) is 23.8. The Kier molecular flexibility index (Phi) is 7.68. The number of benzene rings is 3. The highest BCUT2D eigenvalue weighted by Gasteiger charge is 2.13. The molecule has 0 aliphatic carbocycles. The normalized spacial score (nSPS) is 10.0. The van der Waals surface area contributed by atoms with E-state index in [1.165, 1.54) is 18.2 Å². The maximum absolute atomic E-state index is 12.7. The fraction of sp³-hybridized carbons (Fsp3) is 0.0435. The van der Waals surface area contributed by atoms with Crippen molar-refractivity contribution in [3.8, 4) is 5.75 Å². The van der Waals surface area contributed by atoms with Gasteiger partial charge in [-0.2, -0.15) is 0 Å². The summed E-state index contributed by atoms with van der Waals surface area (Å²) in [5.41, 5.74) is 4.25. The number of carbonyl (C=O) groups excluding carboxylic acids is 3. The molecule has 3 aromatic rings. The predicted molar refractivity (Wildman–Crippen MR) is 131 cm³/mol. The highest BCUT2D eigenvalue weighted by molar-refractivity contribution is 7.80. The van der Waals surface area contributed by atoms with Crippen molar-refractivity contribution in [3.63, 3.8) is 0 Å². The number of carbonyl (C=O) groups is 3. The van der Waals surface area contributed by atoms with E-state index in [-0.39, 0.29) is 11.1 Å². The van der Waals surface area contributed by atoms with Crippen LogP contribution in [0.5, 0.6) is 5.75 Å². The fourth-order valence-corrected chi connectivity index (χ4v) is 3.16. The van der Waals surface area contributed by atoms with Crippen LogP contribution in [0, 0.1) is 0 Å². The second-order valence-electron chi connectivity index (χ2n) is 6.74. The molecule has 10 heteroatoms. The van der Waals surface area contributed by atoms with E-state index in [1.807, 2.05) is 17.6 Å². The minimum absolute atomic E-state index is 0.0515. The van der Waals surface area contributed by atoms with Crippen molar-refractivity contribution in [2.24, 2.45) is 5.84 Å². The Morgan fingerprint density at radius 2 is 1.55 bits per heavy atom. The number of hydrogen-bond acceptors (Lipinski definition) is 6. The van der Waals surface area contributed by atoms with Crippen molar-refractivity contribution in [2.45, 2.75) is 0 Å². The molecule has 0 fully saturated rings. The molecule has 0 radical (unpaired) electrons. The summed E-state index contributed by atoms with van der Waals surface area (Å²) in [6.45, 7) is 0. The second-order valence-corrected chi connectivity index (χ2v) is 7.14. The van der Waals surface area contributed by atoms with Crippen molar-refractivity contribution in [1.82, 2.24) is 5.43 Å². The van der Waals surface area contributed by atoms with Crippen LogP contribution in [0.15, 0.2) is 66.7 Å². The monoisotopic (exact) mass is 463 g/mol. The van der Waals surface area contributed by atoms with Crippen LogP contribution in [-0.4, -0.2) is 30.3 Å². The number of hydrazine groups is 1. The third-order valence-electron chi connectivity index (χ3n) is 4.54. The van der Waals surface area contributed by atoms with Gasteiger partial charge < -0.3 is 20.7 Å². The van der Waals surface area contributed by atoms with E-state index >= 15 is 0 Å². The van der Waals surface area contributed by atoms with Crippen LogP contribution >= 0.6 is 12.2 Å². The molecule has 3 aromatic carbocycles. The maximum atomic E-state index is 12.7. The van der Waals surface area contributed by atoms with Gasteiger partial charge in [0.05, 0.1) is 12.7 Å². The average molecular weight is 464 g/mol. The number of rotatable bonds is 7. The molecule has 0 aliphatic heterocycles. The molecule has 33 heavy (non-hydrogen) atoms. The largest absolute Gasteiger partial charge is 0.497 e. The average Bonchev–Trinajstić information content (AvgIpc) is 2.84. The fourth-order valence-electron chi connectivity index (χ4n) is 2.92. The molecule has 0 aromatic heterocycles. The van der Waals surface area contributed by atoms with Crippen LogP contribution in [0.2, 0.25) is 0 Å². The summed E-state index contributed by atoms with van der Waals surface area (Å²) < 4.78 is 5.13. The number of amides is 2. The first-order valence-corrected chi connectivity index (χ1v) is 10.1. The predicted octanol–water partition coefficient (Wildman–Crippen LogP) is 3.17. The van der Waals surface area contributed by atoms with Gasteiger partial charge in [0.2, 0.25) is 0 Å². The van der Waals surface area contributed by atoms with Crippen LogP contribution in [0.1, 0.15) is 31.1 Å². The number of methoxy groups -OCH3 is 1. The Balaban J connectivity index is 1.68. The minimum atomic E-state index is -0.641. The molecule has 168 valence electrons. The van der Waals surface area contributed by atoms with Gasteiger partial charge in [0.15, 0.2) is 11.4 Å². The van der Waals surface area contributed by atoms with Crippen molar-refractivity contribution < 1.29 is 19.1 Å². The van der Waals surface area contributed by atoms with Gasteiger partial charge in [-0.1, -0.05) is 6.07 Å². The van der Waals surface area contributed by atoms with Crippen molar-refractivity contribution in [3.05, 3.63) is 83.4 Å². The van der Waals surface area contributed by atoms with Gasteiger partial charge in [-0.3, -0.25) is 19.8 Å². The Labute approximate surface area is 195 Å². The smallest absolute Gasteiger partial charge is 0.265 e. The molecule has 0 heterocycles. The molecule has 3 rings (SSSR count). The molecular formula is C23H21N5O4S. The number of nitrogens with one attached hydrogen (secondary N) is 4. The van der Waals surface area contributed by atoms with Crippen LogP contribution in [0.3, 0.4) is 0 Å². The Bertz CT molecular complexity index is 1200. The molecule has 6 N–H and O–H groups in total. The second kappa shape index (κ2) is 10.8. The van der Waals surface area contributed by atoms with Gasteiger partial charge in [0.1, 0.15) is 5.75 Å². The first kappa shape index (κ1) is 23.4. The molecule has 0 unspecified atom stereocenters. The third-order valence-corrected chi connectivity index (χ3v) is 4.75. The van der Waals surface area contributed by atoms with Gasteiger partial charge in [-0.15, -0.1) is 0 Å². The van der Waals surface area contributed by atoms with Crippen LogP contribution in [0.4, 0.5) is 17.1 Å². The molecule has 0 aliphatic rings. The summed E-state index contributed by atoms with van der Waals surface area (Å²) in [5, 5.41) is 9.12. The molecule has 2 amide bonds. The summed E-state index contributed by atoms with van der Waals surface area (Å²) in [7, 11) is 1.59. The van der Waals surface area contributed by atoms with Gasteiger partial charge in [-0.25, -0.2) is 5.84 Å². The molecule has 0 saturated heterocycles. The number of thiocarbonyl (C=S) groups is 1. The van der Waals surface area contributed by atoms with E-state index in [1.54, 1.807) is 43.5 Å². The Hall–Kier alpha value is -4.28. The number of hydrogen-bond donors (Lipinski definition) is 5. The number of aldehydes is 1. The number of ether oxygens (including phenoxy) is 1. The topological polar surface area (TPSA) is 135 Å². The van der Waals surface area contributed by atoms with Crippen molar-refractivity contribution in [2.75, 3.05) is 23.1 Å². The molecule has 0 bridgehead atoms. The van der Waals surface area contributed by atoms with E-state index in [9.17, 15) is 14.4 Å². The van der Waals surface area contributed by atoms with Crippen molar-refractivity contribution >= 4 is 52.5 Å². The molecule has 0 spiro atoms. The van der Waals surface area contributed by atoms with E-state index in [0.717, 1.165) is 11.4 Å². The summed E-state index contributed by atoms with van der Waals surface area (Å²) in [5.74, 6) is 4.84. The van der Waals surface area contributed by atoms with Crippen LogP contribution < -0.4 is 32.0 Å². The lowest BCUT2D eigenvalue weighted by atomic mass is 10.1. The summed E-state index contributed by atoms with van der Waals surface area (Å²) in [4.78, 5) is 35.7. The Morgan fingerprint density at radius 3 is 2.21 bits per heavy atom. The first-order valence-electron chi connectivity index (χ1n) is 9.67. The summed E-state index contributed by atoms with van der Waals surface area (Å²) in [6, 6.07) is 18.3. The van der Waals surface area contributed by atoms with Crippen LogP contribution in [0.25, 0.3) is 0 Å². The SMILES string of the molecule is COc1ccc(NC(=S)Nc2cccc(C(=O)Nc3ccc(C=O)c(C(=O)NN)c3)c2)cc1. The lowest BCUT2D eigenvalue weighted by Crippen LogP contribution is -2.31. The molecule has 0 atom stereocenters. The number of nitrogen functional groups attached to an aromatic ring is 1. The summed E-state index contributed by atoms with van der Waals surface area (Å²) >= 11 is 5.34. The van der Waals surface area contributed by atoms with E-state index < -0.39 is 11.8 Å². The highest BCUT2D eigenvalue weighted by atomic mass is 32.1. The first-order chi connectivity index (χ1) is 15.9. The van der Waals surface area contributed by atoms with E-state index in [4.69, 9.17) is 22.8 Å². The standard InChI is InChI=1S/C23H21N5O4S/c1-32-19-9-7-16(8-10-19)26-23(33)27-17-4-2-3-14(11-17)21(30)25-18-6-5-15(13-29)20(12-18)22(31)28-24/h2-13H,24H2,1H3,(H,25,30)(H,28,31)(H2,26,27,33). The van der Waals surface area contributed by atoms with Gasteiger partial charge >= 0.3 is 0 Å². The number of nitrogens with two attached hydrogens (primary N) is 1. The van der Waals surface area contributed by atoms with E-state index in [2.05, 4.69) is 16.0 Å². The van der Waals surface area contributed by atoms with E-state index in [0.29, 0.717) is 28.3 Å². The van der Waals surface area contributed by atoms with Crippen molar-refractivity contribution in [1.29, 1.82) is 0 Å². The third kappa shape index (κ3) is 6.12. The molecule has 9 nitrogen and oxygen atoms in total. The summed E-state index contributed by atoms with van der Waals surface area (Å²) in [6.07, 6.45) is 0.536. The lowest BCUT2D eigenvalue weighted by Gasteiger charge is -2.12. The quantitative estimate of drug-likeness (QED) is 0.119. The molecular weight excluding hydrogens is 442 g/mol. The zero-order valence-electron chi connectivity index (χ0n) is 17.5. The minimum Gasteiger partial charge on any atom is -0.497 e. The maximum Gasteiger partial charge on any atom is 0.265 e. The van der Waals surface area contributed by atoms with Gasteiger partial charge in [-0.05, 0) is 72.9 Å². The van der Waals surface area contributed by atoms with Gasteiger partial charge in [0, 0.05) is 28.2 Å². The highest BCUT2D eigenvalue weighted by Crippen LogP contribution is 2.18. The number of anilines is 3. The lowest BCUT2D eigenvalue weighted by molar-refractivity contribution is 0.0947. The van der Waals surface area contributed by atoms with Gasteiger partial charge in [0.25, 0.3) is 11.8 Å². The molecule has 0 saturated carbocycles. The Morgan fingerprint density at radius 1 is 0.879 bits per heavy atom. The van der Waals surface area contributed by atoms with Crippen LogP contribution in [-0.2, 0) is 0 Å². The zero-order valence-corrected chi connectivity index (χ0v) is 18.4.